The lowest BCUT2D eigenvalue weighted by Crippen LogP contribution is -2.51. The minimum absolute atomic E-state index is 0.0737. The number of hydrogen-bond donors (Lipinski definition) is 1. The van der Waals surface area contributed by atoms with Gasteiger partial charge >= 0.3 is 5.97 Å². The van der Waals surface area contributed by atoms with E-state index < -0.39 is 36.6 Å². The second kappa shape index (κ2) is 6.21. The Bertz CT molecular complexity index is 574. The van der Waals surface area contributed by atoms with Crippen LogP contribution in [0.4, 0.5) is 0 Å². The van der Waals surface area contributed by atoms with Gasteiger partial charge in [0.2, 0.25) is 10.0 Å². The molecule has 1 aliphatic heterocycles. The summed E-state index contributed by atoms with van der Waals surface area (Å²) in [5.41, 5.74) is -0.745. The molecule has 1 fully saturated rings. The summed E-state index contributed by atoms with van der Waals surface area (Å²) in [5, 5.41) is 8.02. The number of sulfone groups is 1. The van der Waals surface area contributed by atoms with E-state index in [1.165, 1.54) is 4.31 Å². The Kier molecular flexibility index (Phi) is 5.44. The van der Waals surface area contributed by atoms with Gasteiger partial charge < -0.3 is 5.11 Å². The van der Waals surface area contributed by atoms with E-state index in [4.69, 9.17) is 5.11 Å². The van der Waals surface area contributed by atoms with Gasteiger partial charge in [-0.2, -0.15) is 4.31 Å². The van der Waals surface area contributed by atoms with Gasteiger partial charge in [0.1, 0.15) is 9.84 Å². The molecule has 124 valence electrons. The molecule has 1 saturated heterocycles. The lowest BCUT2D eigenvalue weighted by atomic mass is 10.1. The first kappa shape index (κ1) is 18.4. The van der Waals surface area contributed by atoms with Crippen LogP contribution in [-0.4, -0.2) is 61.1 Å². The van der Waals surface area contributed by atoms with Crippen molar-refractivity contribution in [2.24, 2.45) is 0 Å². The molecule has 0 spiro atoms. The number of aliphatic carboxylic acids is 1. The predicted octanol–water partition coefficient (Wildman–Crippen LogP) is 0.469. The molecule has 21 heavy (non-hydrogen) atoms. The number of nitrogens with zero attached hydrogens (tertiary/aromatic N) is 1. The summed E-state index contributed by atoms with van der Waals surface area (Å²) >= 11 is 0. The summed E-state index contributed by atoms with van der Waals surface area (Å²) in [4.78, 5) is 10.7. The highest BCUT2D eigenvalue weighted by Gasteiger charge is 2.41. The van der Waals surface area contributed by atoms with E-state index >= 15 is 0 Å². The molecule has 0 bridgehead atoms. The summed E-state index contributed by atoms with van der Waals surface area (Å²) in [6, 6.07) is 0. The molecule has 0 atom stereocenters. The molecule has 0 aromatic rings. The molecule has 0 aliphatic carbocycles. The van der Waals surface area contributed by atoms with Crippen molar-refractivity contribution in [1.82, 2.24) is 4.31 Å². The van der Waals surface area contributed by atoms with Crippen LogP contribution in [0, 0.1) is 0 Å². The van der Waals surface area contributed by atoms with E-state index in [2.05, 4.69) is 0 Å². The Morgan fingerprint density at radius 1 is 1.24 bits per heavy atom. The third-order valence-electron chi connectivity index (χ3n) is 3.51. The molecule has 1 N–H and O–H groups in total. The van der Waals surface area contributed by atoms with Gasteiger partial charge in [0.25, 0.3) is 0 Å². The molecular formula is C12H23NO6S2. The van der Waals surface area contributed by atoms with Crippen molar-refractivity contribution in [3.05, 3.63) is 0 Å². The molecule has 1 heterocycles. The van der Waals surface area contributed by atoms with Crippen molar-refractivity contribution < 1.29 is 26.7 Å². The topological polar surface area (TPSA) is 109 Å². The van der Waals surface area contributed by atoms with Crippen LogP contribution < -0.4 is 0 Å². The third kappa shape index (κ3) is 4.93. The number of carboxylic acids is 1. The van der Waals surface area contributed by atoms with Crippen LogP contribution in [0.5, 0.6) is 0 Å². The fourth-order valence-electron chi connectivity index (χ4n) is 2.39. The number of carbonyl (C=O) groups is 1. The molecule has 0 aromatic carbocycles. The van der Waals surface area contributed by atoms with E-state index in [0.29, 0.717) is 0 Å². The highest BCUT2D eigenvalue weighted by Crippen LogP contribution is 2.27. The zero-order chi connectivity index (χ0) is 16.5. The van der Waals surface area contributed by atoms with E-state index in [1.54, 1.807) is 20.8 Å². The monoisotopic (exact) mass is 341 g/mol. The van der Waals surface area contributed by atoms with E-state index in [-0.39, 0.29) is 37.3 Å². The molecule has 0 unspecified atom stereocenters. The second-order valence-electron chi connectivity index (χ2n) is 6.28. The summed E-state index contributed by atoms with van der Waals surface area (Å²) in [6.45, 7) is 4.99. The van der Waals surface area contributed by atoms with Gasteiger partial charge in [0.05, 0.1) is 23.2 Å². The number of rotatable bonds is 5. The second-order valence-corrected chi connectivity index (χ2v) is 10.7. The summed E-state index contributed by atoms with van der Waals surface area (Å²) in [5.74, 6) is -1.33. The van der Waals surface area contributed by atoms with E-state index in [1.807, 2.05) is 0 Å². The molecular weight excluding hydrogens is 318 g/mol. The van der Waals surface area contributed by atoms with Gasteiger partial charge in [-0.3, -0.25) is 4.79 Å². The summed E-state index contributed by atoms with van der Waals surface area (Å²) < 4.78 is 49.4. The Labute approximate surface area is 126 Å². The van der Waals surface area contributed by atoms with Crippen molar-refractivity contribution in [2.75, 3.05) is 18.1 Å². The molecule has 1 aliphatic rings. The van der Waals surface area contributed by atoms with E-state index in [9.17, 15) is 21.6 Å². The van der Waals surface area contributed by atoms with Gasteiger partial charge in [-0.05, 0) is 33.6 Å². The number of sulfonamides is 1. The maximum Gasteiger partial charge on any atom is 0.304 e. The van der Waals surface area contributed by atoms with Gasteiger partial charge in [0.15, 0.2) is 0 Å². The smallest absolute Gasteiger partial charge is 0.304 e. The summed E-state index contributed by atoms with van der Waals surface area (Å²) in [7, 11) is -6.86. The maximum absolute atomic E-state index is 12.7. The Balaban J connectivity index is 2.97. The SMILES string of the molecule is CC(C)(C)N(CCC(=O)O)S(=O)(=O)C1CCS(=O)(=O)CC1. The van der Waals surface area contributed by atoms with Crippen molar-refractivity contribution in [1.29, 1.82) is 0 Å². The predicted molar refractivity (Wildman–Crippen MR) is 79.3 cm³/mol. The zero-order valence-electron chi connectivity index (χ0n) is 12.6. The summed E-state index contributed by atoms with van der Waals surface area (Å²) in [6.07, 6.45) is -0.129. The van der Waals surface area contributed by atoms with Crippen molar-refractivity contribution in [3.63, 3.8) is 0 Å². The molecule has 0 aromatic heterocycles. The third-order valence-corrected chi connectivity index (χ3v) is 7.88. The first-order valence-electron chi connectivity index (χ1n) is 6.80. The van der Waals surface area contributed by atoms with Crippen LogP contribution in [0.2, 0.25) is 0 Å². The first-order chi connectivity index (χ1) is 9.36. The van der Waals surface area contributed by atoms with Crippen molar-refractivity contribution >= 4 is 25.8 Å². The largest absolute Gasteiger partial charge is 0.481 e. The Hall–Kier alpha value is -0.670. The normalized spacial score (nSPS) is 20.6. The quantitative estimate of drug-likeness (QED) is 0.778. The van der Waals surface area contributed by atoms with Gasteiger partial charge in [-0.25, -0.2) is 16.8 Å². The fourth-order valence-corrected chi connectivity index (χ4v) is 6.48. The van der Waals surface area contributed by atoms with Crippen molar-refractivity contribution in [2.45, 2.75) is 50.8 Å². The average Bonchev–Trinajstić information content (AvgIpc) is 2.25. The Morgan fingerprint density at radius 2 is 1.71 bits per heavy atom. The molecule has 0 saturated carbocycles. The van der Waals surface area contributed by atoms with Gasteiger partial charge in [0, 0.05) is 12.1 Å². The van der Waals surface area contributed by atoms with E-state index in [0.717, 1.165) is 0 Å². The minimum Gasteiger partial charge on any atom is -0.481 e. The van der Waals surface area contributed by atoms with Gasteiger partial charge in [-0.15, -0.1) is 0 Å². The fraction of sp³-hybridized carbons (Fsp3) is 0.917. The van der Waals surface area contributed by atoms with Gasteiger partial charge in [-0.1, -0.05) is 0 Å². The molecule has 7 nitrogen and oxygen atoms in total. The van der Waals surface area contributed by atoms with Crippen LogP contribution in [0.15, 0.2) is 0 Å². The van der Waals surface area contributed by atoms with Crippen LogP contribution in [0.1, 0.15) is 40.0 Å². The highest BCUT2D eigenvalue weighted by atomic mass is 32.2. The first-order valence-corrected chi connectivity index (χ1v) is 10.1. The highest BCUT2D eigenvalue weighted by molar-refractivity contribution is 7.92. The van der Waals surface area contributed by atoms with Crippen LogP contribution in [0.3, 0.4) is 0 Å². The average molecular weight is 341 g/mol. The lowest BCUT2D eigenvalue weighted by molar-refractivity contribution is -0.137. The van der Waals surface area contributed by atoms with Crippen molar-refractivity contribution in [3.8, 4) is 0 Å². The minimum atomic E-state index is -3.72. The molecule has 9 heteroatoms. The molecule has 0 radical (unpaired) electrons. The Morgan fingerprint density at radius 3 is 2.10 bits per heavy atom. The molecule has 1 rings (SSSR count). The standard InChI is InChI=1S/C12H23NO6S2/c1-12(2,3)13(7-4-11(14)15)21(18,19)10-5-8-20(16,17)9-6-10/h10H,4-9H2,1-3H3,(H,14,15). The van der Waals surface area contributed by atoms with Crippen LogP contribution in [-0.2, 0) is 24.7 Å². The van der Waals surface area contributed by atoms with Crippen LogP contribution in [0.25, 0.3) is 0 Å². The lowest BCUT2D eigenvalue weighted by Gasteiger charge is -2.37. The molecule has 0 amide bonds. The zero-order valence-corrected chi connectivity index (χ0v) is 14.2. The van der Waals surface area contributed by atoms with Crippen LogP contribution >= 0.6 is 0 Å². The number of carboxylic acid groups (broad SMARTS) is 1. The number of hydrogen-bond acceptors (Lipinski definition) is 5. The maximum atomic E-state index is 12.7.